The Kier molecular flexibility index (Phi) is 7.87. The lowest BCUT2D eigenvalue weighted by Crippen LogP contribution is -2.52. The molecule has 0 radical (unpaired) electrons. The molecule has 0 aromatic heterocycles. The molecule has 0 aromatic carbocycles. The maximum absolute atomic E-state index is 12.7. The molecule has 2 aliphatic heterocycles. The molecular formula is C21H43N3OS. The first-order chi connectivity index (χ1) is 12.1. The van der Waals surface area contributed by atoms with Crippen LogP contribution < -0.4 is 0 Å². The fourth-order valence-electron chi connectivity index (χ4n) is 4.07. The van der Waals surface area contributed by atoms with E-state index < -0.39 is 0 Å². The number of amides is 1. The van der Waals surface area contributed by atoms with Crippen LogP contribution in [0.2, 0.25) is 0 Å². The minimum Gasteiger partial charge on any atom is -0.342 e. The van der Waals surface area contributed by atoms with Gasteiger partial charge < -0.3 is 9.80 Å². The average molecular weight is 386 g/mol. The first-order valence-corrected chi connectivity index (χ1v) is 12.9. The minimum absolute atomic E-state index is 0.243. The number of piperazine rings is 1. The summed E-state index contributed by atoms with van der Waals surface area (Å²) in [5.74, 6) is 1.73. The molecule has 154 valence electrons. The molecule has 0 N–H and O–H groups in total. The van der Waals surface area contributed by atoms with Gasteiger partial charge in [0.05, 0.1) is 6.54 Å². The summed E-state index contributed by atoms with van der Waals surface area (Å²) in [5, 5.41) is 0. The first kappa shape index (κ1) is 22.0. The fourth-order valence-corrected chi connectivity index (χ4v) is 4.85. The van der Waals surface area contributed by atoms with Gasteiger partial charge in [0, 0.05) is 39.3 Å². The van der Waals surface area contributed by atoms with Gasteiger partial charge in [-0.1, -0.05) is 27.7 Å². The first-order valence-electron chi connectivity index (χ1n) is 10.5. The van der Waals surface area contributed by atoms with Gasteiger partial charge in [0.2, 0.25) is 5.91 Å². The van der Waals surface area contributed by atoms with Gasteiger partial charge in [-0.05, 0) is 54.9 Å². The van der Waals surface area contributed by atoms with Crippen LogP contribution in [0.1, 0.15) is 47.0 Å². The molecule has 0 atom stereocenters. The molecule has 4 nitrogen and oxygen atoms in total. The predicted molar refractivity (Wildman–Crippen MR) is 117 cm³/mol. The zero-order chi connectivity index (χ0) is 19.4. The lowest BCUT2D eigenvalue weighted by molar-refractivity contribution is -0.136. The van der Waals surface area contributed by atoms with E-state index in [2.05, 4.69) is 54.9 Å². The zero-order valence-corrected chi connectivity index (χ0v) is 19.1. The van der Waals surface area contributed by atoms with Crippen LogP contribution in [0.15, 0.2) is 0 Å². The largest absolute Gasteiger partial charge is 0.342 e. The van der Waals surface area contributed by atoms with Gasteiger partial charge in [0.25, 0.3) is 0 Å². The Balaban J connectivity index is 1.68. The highest BCUT2D eigenvalue weighted by Crippen LogP contribution is 2.46. The SMILES string of the molecule is C[SH](C)CCCN1CCN(CC(=O)N2CCC(C)(C(C)(C)C)CC2)CC1. The van der Waals surface area contributed by atoms with Crippen molar-refractivity contribution in [3.63, 3.8) is 0 Å². The number of likely N-dealkylation sites (tertiary alicyclic amines) is 1. The van der Waals surface area contributed by atoms with E-state index in [1.807, 2.05) is 0 Å². The second kappa shape index (κ2) is 9.29. The van der Waals surface area contributed by atoms with Crippen molar-refractivity contribution in [2.45, 2.75) is 47.0 Å². The van der Waals surface area contributed by atoms with Crippen molar-refractivity contribution < 1.29 is 4.79 Å². The highest BCUT2D eigenvalue weighted by molar-refractivity contribution is 8.15. The van der Waals surface area contributed by atoms with Crippen molar-refractivity contribution >= 4 is 16.8 Å². The van der Waals surface area contributed by atoms with Gasteiger partial charge in [0.1, 0.15) is 0 Å². The van der Waals surface area contributed by atoms with E-state index in [-0.39, 0.29) is 10.9 Å². The molecule has 0 spiro atoms. The van der Waals surface area contributed by atoms with E-state index in [4.69, 9.17) is 0 Å². The number of thiol groups is 1. The number of carbonyl (C=O) groups excluding carboxylic acids is 1. The molecule has 5 heteroatoms. The number of rotatable bonds is 6. The fraction of sp³-hybridized carbons (Fsp3) is 0.952. The van der Waals surface area contributed by atoms with Gasteiger partial charge >= 0.3 is 0 Å². The predicted octanol–water partition coefficient (Wildman–Crippen LogP) is 2.93. The summed E-state index contributed by atoms with van der Waals surface area (Å²) in [6, 6.07) is 0. The van der Waals surface area contributed by atoms with Crippen LogP contribution in [0.25, 0.3) is 0 Å². The lowest BCUT2D eigenvalue weighted by Gasteiger charge is -2.48. The Morgan fingerprint density at radius 3 is 2.00 bits per heavy atom. The van der Waals surface area contributed by atoms with Crippen molar-refractivity contribution in [2.75, 3.05) is 70.6 Å². The van der Waals surface area contributed by atoms with Crippen molar-refractivity contribution in [3.8, 4) is 0 Å². The molecule has 0 bridgehead atoms. The van der Waals surface area contributed by atoms with Crippen LogP contribution in [0.5, 0.6) is 0 Å². The summed E-state index contributed by atoms with van der Waals surface area (Å²) in [6.07, 6.45) is 8.33. The molecule has 2 saturated heterocycles. The highest BCUT2D eigenvalue weighted by Gasteiger charge is 2.40. The maximum Gasteiger partial charge on any atom is 0.236 e. The number of hydrogen-bond acceptors (Lipinski definition) is 3. The molecule has 2 heterocycles. The third-order valence-corrected chi connectivity index (χ3v) is 8.14. The molecule has 2 aliphatic rings. The monoisotopic (exact) mass is 385 g/mol. The second-order valence-electron chi connectivity index (χ2n) is 9.97. The number of carbonyl (C=O) groups is 1. The molecule has 2 fully saturated rings. The molecule has 2 rings (SSSR count). The van der Waals surface area contributed by atoms with Gasteiger partial charge in [-0.2, -0.15) is 0 Å². The summed E-state index contributed by atoms with van der Waals surface area (Å²) >= 11 is 0. The van der Waals surface area contributed by atoms with E-state index >= 15 is 0 Å². The van der Waals surface area contributed by atoms with Gasteiger partial charge in [0.15, 0.2) is 0 Å². The number of hydrogen-bond donors (Lipinski definition) is 1. The zero-order valence-electron chi connectivity index (χ0n) is 18.2. The molecular weight excluding hydrogens is 342 g/mol. The standard InChI is InChI=1S/C21H43N3OS/c1-20(2,3)21(4)8-11-24(12-9-21)19(25)18-23-15-13-22(14-16-23)10-7-17-26(5)6/h26H,7-18H2,1-6H3. The molecule has 26 heavy (non-hydrogen) atoms. The average Bonchev–Trinajstić information content (AvgIpc) is 2.56. The summed E-state index contributed by atoms with van der Waals surface area (Å²) < 4.78 is 0. The Bertz CT molecular complexity index is 445. The molecule has 1 amide bonds. The van der Waals surface area contributed by atoms with Crippen LogP contribution in [0, 0.1) is 10.8 Å². The summed E-state index contributed by atoms with van der Waals surface area (Å²) in [5.41, 5.74) is 0.669. The quantitative estimate of drug-likeness (QED) is 0.712. The third-order valence-electron chi connectivity index (χ3n) is 6.93. The van der Waals surface area contributed by atoms with E-state index in [1.54, 1.807) is 0 Å². The Hall–Kier alpha value is -0.260. The molecule has 0 unspecified atom stereocenters. The van der Waals surface area contributed by atoms with Crippen LogP contribution in [-0.4, -0.2) is 91.2 Å². The van der Waals surface area contributed by atoms with Crippen LogP contribution in [0.4, 0.5) is 0 Å². The van der Waals surface area contributed by atoms with Crippen molar-refractivity contribution in [1.82, 2.24) is 14.7 Å². The normalized spacial score (nSPS) is 23.2. The lowest BCUT2D eigenvalue weighted by atomic mass is 9.63. The van der Waals surface area contributed by atoms with Crippen LogP contribution in [-0.2, 0) is 4.79 Å². The molecule has 0 saturated carbocycles. The van der Waals surface area contributed by atoms with Gasteiger partial charge in [-0.3, -0.25) is 20.6 Å². The van der Waals surface area contributed by atoms with E-state index in [9.17, 15) is 4.79 Å². The smallest absolute Gasteiger partial charge is 0.236 e. The van der Waals surface area contributed by atoms with Crippen molar-refractivity contribution in [1.29, 1.82) is 0 Å². The number of nitrogens with zero attached hydrogens (tertiary/aromatic N) is 3. The topological polar surface area (TPSA) is 26.8 Å². The second-order valence-corrected chi connectivity index (χ2v) is 12.6. The molecule has 0 aromatic rings. The maximum atomic E-state index is 12.7. The van der Waals surface area contributed by atoms with E-state index in [0.29, 0.717) is 23.3 Å². The Labute approximate surface area is 165 Å². The summed E-state index contributed by atoms with van der Waals surface area (Å²) in [4.78, 5) is 19.8. The summed E-state index contributed by atoms with van der Waals surface area (Å²) in [6.45, 7) is 17.5. The van der Waals surface area contributed by atoms with Crippen molar-refractivity contribution in [3.05, 3.63) is 0 Å². The van der Waals surface area contributed by atoms with E-state index in [1.165, 1.54) is 18.7 Å². The van der Waals surface area contributed by atoms with Crippen LogP contribution >= 0.6 is 10.9 Å². The Morgan fingerprint density at radius 2 is 1.50 bits per heavy atom. The van der Waals surface area contributed by atoms with Crippen LogP contribution in [0.3, 0.4) is 0 Å². The van der Waals surface area contributed by atoms with Crippen molar-refractivity contribution in [2.24, 2.45) is 10.8 Å². The third kappa shape index (κ3) is 6.13. The number of piperidine rings is 1. The summed E-state index contributed by atoms with van der Waals surface area (Å²) in [7, 11) is 0.243. The minimum atomic E-state index is 0.243. The molecule has 0 aliphatic carbocycles. The van der Waals surface area contributed by atoms with Gasteiger partial charge in [-0.25, -0.2) is 0 Å². The Morgan fingerprint density at radius 1 is 0.962 bits per heavy atom. The van der Waals surface area contributed by atoms with Gasteiger partial charge in [-0.15, -0.1) is 0 Å². The highest BCUT2D eigenvalue weighted by atomic mass is 32.2. The van der Waals surface area contributed by atoms with E-state index in [0.717, 1.165) is 52.1 Å².